The maximum atomic E-state index is 10.6. The summed E-state index contributed by atoms with van der Waals surface area (Å²) in [5.74, 6) is 0.123. The summed E-state index contributed by atoms with van der Waals surface area (Å²) >= 11 is 0. The van der Waals surface area contributed by atoms with Gasteiger partial charge in [0.2, 0.25) is 6.29 Å². The van der Waals surface area contributed by atoms with Crippen LogP contribution in [0.4, 0.5) is 0 Å². The van der Waals surface area contributed by atoms with E-state index in [-0.39, 0.29) is 23.3 Å². The predicted octanol–water partition coefficient (Wildman–Crippen LogP) is -0.294. The zero-order valence-electron chi connectivity index (χ0n) is 16.8. The lowest BCUT2D eigenvalue weighted by atomic mass is 9.89. The largest absolute Gasteiger partial charge is 0.508 e. The number of aliphatic hydroxyl groups excluding tert-OH is 4. The molecule has 1 saturated heterocycles. The van der Waals surface area contributed by atoms with E-state index < -0.39 is 37.3 Å². The van der Waals surface area contributed by atoms with Crippen LogP contribution in [0.15, 0.2) is 36.4 Å². The summed E-state index contributed by atoms with van der Waals surface area (Å²) in [5.41, 5.74) is 2.63. The van der Waals surface area contributed by atoms with Gasteiger partial charge in [0.1, 0.15) is 30.2 Å². The highest BCUT2D eigenvalue weighted by Crippen LogP contribution is 2.41. The standard InChI is InChI=1S/C22H27NO8/c24-10-16-18(27)19(28)20(29)22(30-16)31-21-15(26)6-3-12-7-8-23-14(17(12)21)9-11-1-4-13(25)5-2-11/h1-6,14,16,18-20,22-29H,7-10H2/t14-,16-,18-,19+,20-,22+/m1/s1. The van der Waals surface area contributed by atoms with Crippen LogP contribution in [0.3, 0.4) is 0 Å². The second-order valence-electron chi connectivity index (χ2n) is 7.93. The third-order valence-electron chi connectivity index (χ3n) is 5.86. The molecular formula is C22H27NO8. The highest BCUT2D eigenvalue weighted by molar-refractivity contribution is 5.53. The molecule has 2 aliphatic rings. The fourth-order valence-corrected chi connectivity index (χ4v) is 4.16. The molecule has 2 aromatic rings. The molecule has 9 nitrogen and oxygen atoms in total. The molecule has 2 aromatic carbocycles. The Balaban J connectivity index is 1.65. The van der Waals surface area contributed by atoms with E-state index in [1.165, 1.54) is 6.07 Å². The Kier molecular flexibility index (Phi) is 6.33. The summed E-state index contributed by atoms with van der Waals surface area (Å²) in [7, 11) is 0. The van der Waals surface area contributed by atoms with Crippen LogP contribution in [-0.4, -0.2) is 74.5 Å². The van der Waals surface area contributed by atoms with Gasteiger partial charge in [0, 0.05) is 11.6 Å². The first-order valence-electron chi connectivity index (χ1n) is 10.2. The van der Waals surface area contributed by atoms with Crippen molar-refractivity contribution >= 4 is 0 Å². The molecule has 0 bridgehead atoms. The van der Waals surface area contributed by atoms with E-state index in [1.807, 2.05) is 18.2 Å². The number of phenolic OH excluding ortho intramolecular Hbond substituents is 2. The molecule has 0 aliphatic carbocycles. The molecule has 6 atom stereocenters. The maximum absolute atomic E-state index is 10.6. The first-order valence-corrected chi connectivity index (χ1v) is 10.2. The lowest BCUT2D eigenvalue weighted by Crippen LogP contribution is -2.60. The highest BCUT2D eigenvalue weighted by atomic mass is 16.7. The zero-order valence-corrected chi connectivity index (χ0v) is 16.8. The number of hydrogen-bond acceptors (Lipinski definition) is 9. The van der Waals surface area contributed by atoms with E-state index in [0.29, 0.717) is 18.4 Å². The number of aromatic hydroxyl groups is 2. The summed E-state index contributed by atoms with van der Waals surface area (Å²) in [6.07, 6.45) is -5.92. The van der Waals surface area contributed by atoms with Crippen LogP contribution in [0, 0.1) is 0 Å². The molecule has 0 aromatic heterocycles. The molecule has 0 saturated carbocycles. The van der Waals surface area contributed by atoms with Crippen molar-refractivity contribution in [2.75, 3.05) is 13.2 Å². The fourth-order valence-electron chi connectivity index (χ4n) is 4.16. The van der Waals surface area contributed by atoms with Gasteiger partial charge in [-0.3, -0.25) is 0 Å². The van der Waals surface area contributed by atoms with E-state index in [4.69, 9.17) is 9.47 Å². The van der Waals surface area contributed by atoms with Gasteiger partial charge in [0.05, 0.1) is 6.61 Å². The number of ether oxygens (including phenoxy) is 2. The van der Waals surface area contributed by atoms with Crippen molar-refractivity contribution in [3.63, 3.8) is 0 Å². The van der Waals surface area contributed by atoms with E-state index in [9.17, 15) is 30.6 Å². The zero-order chi connectivity index (χ0) is 22.1. The third kappa shape index (κ3) is 4.33. The van der Waals surface area contributed by atoms with Crippen LogP contribution in [0.2, 0.25) is 0 Å². The predicted molar refractivity (Wildman–Crippen MR) is 109 cm³/mol. The van der Waals surface area contributed by atoms with E-state index >= 15 is 0 Å². The molecule has 0 radical (unpaired) electrons. The van der Waals surface area contributed by atoms with Crippen molar-refractivity contribution in [3.8, 4) is 17.2 Å². The molecule has 0 spiro atoms. The van der Waals surface area contributed by atoms with Gasteiger partial charge in [-0.05, 0) is 48.7 Å². The molecule has 7 N–H and O–H groups in total. The highest BCUT2D eigenvalue weighted by Gasteiger charge is 2.45. The molecule has 0 amide bonds. The quantitative estimate of drug-likeness (QED) is 0.337. The number of phenols is 2. The Morgan fingerprint density at radius 1 is 0.968 bits per heavy atom. The van der Waals surface area contributed by atoms with E-state index in [2.05, 4.69) is 5.32 Å². The minimum absolute atomic E-state index is 0.109. The van der Waals surface area contributed by atoms with Crippen LogP contribution in [0.5, 0.6) is 17.2 Å². The Labute approximate surface area is 179 Å². The van der Waals surface area contributed by atoms with Gasteiger partial charge in [0.25, 0.3) is 0 Å². The Bertz CT molecular complexity index is 903. The summed E-state index contributed by atoms with van der Waals surface area (Å²) in [5, 5.41) is 63.3. The van der Waals surface area contributed by atoms with Gasteiger partial charge in [-0.25, -0.2) is 0 Å². The lowest BCUT2D eigenvalue weighted by Gasteiger charge is -2.40. The summed E-state index contributed by atoms with van der Waals surface area (Å²) < 4.78 is 11.3. The van der Waals surface area contributed by atoms with Crippen LogP contribution in [0.1, 0.15) is 22.7 Å². The molecular weight excluding hydrogens is 406 g/mol. The second-order valence-corrected chi connectivity index (χ2v) is 7.93. The summed E-state index contributed by atoms with van der Waals surface area (Å²) in [6.45, 7) is 0.148. The molecule has 31 heavy (non-hydrogen) atoms. The van der Waals surface area contributed by atoms with Crippen LogP contribution in [-0.2, 0) is 17.6 Å². The summed E-state index contributed by atoms with van der Waals surface area (Å²) in [4.78, 5) is 0. The van der Waals surface area contributed by atoms with E-state index in [1.54, 1.807) is 12.1 Å². The third-order valence-corrected chi connectivity index (χ3v) is 5.86. The lowest BCUT2D eigenvalue weighted by molar-refractivity contribution is -0.277. The van der Waals surface area contributed by atoms with Crippen LogP contribution in [0.25, 0.3) is 0 Å². The molecule has 9 heteroatoms. The van der Waals surface area contributed by atoms with Gasteiger partial charge in [-0.15, -0.1) is 0 Å². The SMILES string of the molecule is OC[C@H]1O[C@@H](Oc2c(O)ccc3c2[C@@H](Cc2ccc(O)cc2)NCC3)[C@H](O)[C@@H](O)[C@@H]1O. The Morgan fingerprint density at radius 2 is 1.71 bits per heavy atom. The fraction of sp³-hybridized carbons (Fsp3) is 0.455. The molecule has 0 unspecified atom stereocenters. The number of hydrogen-bond donors (Lipinski definition) is 7. The van der Waals surface area contributed by atoms with Crippen molar-refractivity contribution < 1.29 is 40.1 Å². The monoisotopic (exact) mass is 433 g/mol. The molecule has 2 heterocycles. The van der Waals surface area contributed by atoms with Gasteiger partial charge in [-0.1, -0.05) is 18.2 Å². The smallest absolute Gasteiger partial charge is 0.229 e. The number of rotatable bonds is 5. The van der Waals surface area contributed by atoms with Crippen LogP contribution >= 0.6 is 0 Å². The minimum atomic E-state index is -1.58. The van der Waals surface area contributed by atoms with Crippen molar-refractivity contribution in [1.29, 1.82) is 0 Å². The normalized spacial score (nSPS) is 30.6. The average Bonchev–Trinajstić information content (AvgIpc) is 2.77. The second kappa shape index (κ2) is 8.99. The van der Waals surface area contributed by atoms with E-state index in [0.717, 1.165) is 17.7 Å². The Hall–Kier alpha value is -2.40. The molecule has 1 fully saturated rings. The molecule has 168 valence electrons. The van der Waals surface area contributed by atoms with Crippen molar-refractivity contribution in [2.45, 2.75) is 49.6 Å². The van der Waals surface area contributed by atoms with Crippen molar-refractivity contribution in [1.82, 2.24) is 5.32 Å². The first-order chi connectivity index (χ1) is 14.9. The van der Waals surface area contributed by atoms with Crippen LogP contribution < -0.4 is 10.1 Å². The number of fused-ring (bicyclic) bond motifs is 1. The molecule has 2 aliphatic heterocycles. The number of aliphatic hydroxyl groups is 4. The molecule has 4 rings (SSSR count). The summed E-state index contributed by atoms with van der Waals surface area (Å²) in [6, 6.07) is 9.93. The number of nitrogens with one attached hydrogen (secondary N) is 1. The maximum Gasteiger partial charge on any atom is 0.229 e. The topological polar surface area (TPSA) is 152 Å². The first kappa shape index (κ1) is 21.8. The van der Waals surface area contributed by atoms with Gasteiger partial charge in [0.15, 0.2) is 11.5 Å². The van der Waals surface area contributed by atoms with Gasteiger partial charge >= 0.3 is 0 Å². The van der Waals surface area contributed by atoms with Crippen molar-refractivity contribution in [2.24, 2.45) is 0 Å². The minimum Gasteiger partial charge on any atom is -0.508 e. The Morgan fingerprint density at radius 3 is 2.42 bits per heavy atom. The number of benzene rings is 2. The van der Waals surface area contributed by atoms with Gasteiger partial charge in [-0.2, -0.15) is 0 Å². The van der Waals surface area contributed by atoms with Gasteiger partial charge < -0.3 is 45.4 Å². The van der Waals surface area contributed by atoms with Crippen molar-refractivity contribution in [3.05, 3.63) is 53.1 Å². The average molecular weight is 433 g/mol.